The van der Waals surface area contributed by atoms with Crippen LogP contribution in [0.25, 0.3) is 0 Å². The van der Waals surface area contributed by atoms with E-state index in [1.54, 1.807) is 19.1 Å². The second-order valence-electron chi connectivity index (χ2n) is 5.03. The van der Waals surface area contributed by atoms with Gasteiger partial charge in [-0.15, -0.1) is 5.92 Å². The minimum atomic E-state index is -2.89. The molecule has 0 bridgehead atoms. The Morgan fingerprint density at radius 3 is 2.71 bits per heavy atom. The molecule has 21 heavy (non-hydrogen) atoms. The average Bonchev–Trinajstić information content (AvgIpc) is 3.22. The highest BCUT2D eigenvalue weighted by molar-refractivity contribution is 5.43. The quantitative estimate of drug-likeness (QED) is 0.786. The van der Waals surface area contributed by atoms with E-state index in [4.69, 9.17) is 4.74 Å². The maximum atomic E-state index is 12.4. The number of aliphatic hydroxyl groups excluding tert-OH is 1. The molecule has 3 nitrogen and oxygen atoms in total. The van der Waals surface area contributed by atoms with Crippen LogP contribution in [0.5, 0.6) is 11.5 Å². The summed E-state index contributed by atoms with van der Waals surface area (Å²) in [5.74, 6) is 6.08. The minimum Gasteiger partial charge on any atom is -0.489 e. The molecule has 1 aromatic rings. The summed E-state index contributed by atoms with van der Waals surface area (Å²) in [5.41, 5.74) is 0.762. The van der Waals surface area contributed by atoms with Gasteiger partial charge in [-0.3, -0.25) is 0 Å². The fraction of sp³-hybridized carbons (Fsp3) is 0.500. The lowest BCUT2D eigenvalue weighted by Gasteiger charge is -2.14. The van der Waals surface area contributed by atoms with E-state index in [-0.39, 0.29) is 11.5 Å². The summed E-state index contributed by atoms with van der Waals surface area (Å²) in [6.45, 7) is -0.747. The molecule has 0 aromatic heterocycles. The zero-order valence-corrected chi connectivity index (χ0v) is 11.8. The van der Waals surface area contributed by atoms with Gasteiger partial charge in [-0.25, -0.2) is 0 Å². The highest BCUT2D eigenvalue weighted by Gasteiger charge is 2.23. The number of halogens is 2. The molecule has 114 valence electrons. The molecule has 1 aliphatic rings. The van der Waals surface area contributed by atoms with Gasteiger partial charge in [-0.05, 0) is 43.4 Å². The molecular formula is C16H18F2O3. The van der Waals surface area contributed by atoms with E-state index in [9.17, 15) is 13.9 Å². The Morgan fingerprint density at radius 1 is 1.33 bits per heavy atom. The lowest BCUT2D eigenvalue weighted by atomic mass is 10.1. The van der Waals surface area contributed by atoms with Gasteiger partial charge in [0.25, 0.3) is 0 Å². The molecule has 0 amide bonds. The number of benzene rings is 1. The van der Waals surface area contributed by atoms with Crippen molar-refractivity contribution in [2.24, 2.45) is 5.92 Å². The second-order valence-corrected chi connectivity index (χ2v) is 5.03. The first-order valence-corrected chi connectivity index (χ1v) is 6.89. The monoisotopic (exact) mass is 296 g/mol. The van der Waals surface area contributed by atoms with Crippen LogP contribution in [0, 0.1) is 17.8 Å². The van der Waals surface area contributed by atoms with Crippen molar-refractivity contribution in [3.05, 3.63) is 23.8 Å². The van der Waals surface area contributed by atoms with Crippen molar-refractivity contribution >= 4 is 0 Å². The molecule has 0 heterocycles. The second kappa shape index (κ2) is 7.28. The summed E-state index contributed by atoms with van der Waals surface area (Å²) in [6, 6.07) is 4.69. The van der Waals surface area contributed by atoms with Gasteiger partial charge in [0.05, 0.1) is 6.61 Å². The van der Waals surface area contributed by atoms with Crippen molar-refractivity contribution in [3.8, 4) is 23.3 Å². The van der Waals surface area contributed by atoms with Crippen molar-refractivity contribution in [2.75, 3.05) is 6.61 Å². The fourth-order valence-electron chi connectivity index (χ4n) is 1.92. The summed E-state index contributed by atoms with van der Waals surface area (Å²) in [5, 5.41) is 9.67. The molecule has 2 rings (SSSR count). The number of aliphatic hydroxyl groups is 1. The van der Waals surface area contributed by atoms with Crippen LogP contribution < -0.4 is 9.47 Å². The molecule has 5 heteroatoms. The number of rotatable bonds is 7. The Hall–Kier alpha value is -1.80. The standard InChI is InChI=1S/C16H18F2O3/c1-2-3-13(19)8-12-6-7-14(21-16(17)18)15(9-12)20-10-11-4-5-11/h6-7,9,11,13,16,19H,4-5,8,10H2,1H3. The molecule has 0 aliphatic heterocycles. The summed E-state index contributed by atoms with van der Waals surface area (Å²) in [4.78, 5) is 0. The van der Waals surface area contributed by atoms with E-state index in [1.165, 1.54) is 6.07 Å². The van der Waals surface area contributed by atoms with Crippen molar-refractivity contribution in [1.29, 1.82) is 0 Å². The van der Waals surface area contributed by atoms with Crippen molar-refractivity contribution < 1.29 is 23.4 Å². The van der Waals surface area contributed by atoms with Crippen LogP contribution in [0.3, 0.4) is 0 Å². The third-order valence-electron chi connectivity index (χ3n) is 3.14. The van der Waals surface area contributed by atoms with Gasteiger partial charge in [0.15, 0.2) is 11.5 Å². The van der Waals surface area contributed by atoms with Crippen molar-refractivity contribution in [2.45, 2.75) is 38.9 Å². The molecule has 1 saturated carbocycles. The lowest BCUT2D eigenvalue weighted by molar-refractivity contribution is -0.0515. The number of alkyl halides is 2. The predicted molar refractivity (Wildman–Crippen MR) is 74.5 cm³/mol. The lowest BCUT2D eigenvalue weighted by Crippen LogP contribution is -2.09. The Kier molecular flexibility index (Phi) is 5.40. The molecule has 1 aliphatic carbocycles. The van der Waals surface area contributed by atoms with Crippen LogP contribution in [0.15, 0.2) is 18.2 Å². The van der Waals surface area contributed by atoms with Crippen LogP contribution in [-0.4, -0.2) is 24.4 Å². The molecule has 1 unspecified atom stereocenters. The van der Waals surface area contributed by atoms with E-state index in [0.717, 1.165) is 18.4 Å². The van der Waals surface area contributed by atoms with Gasteiger partial charge < -0.3 is 14.6 Å². The minimum absolute atomic E-state index is 0.0189. The molecule has 1 aromatic carbocycles. The third-order valence-corrected chi connectivity index (χ3v) is 3.14. The fourth-order valence-corrected chi connectivity index (χ4v) is 1.92. The summed E-state index contributed by atoms with van der Waals surface area (Å²) >= 11 is 0. The van der Waals surface area contributed by atoms with Crippen LogP contribution in [-0.2, 0) is 6.42 Å². The van der Waals surface area contributed by atoms with Crippen LogP contribution in [0.4, 0.5) is 8.78 Å². The molecule has 0 saturated heterocycles. The van der Waals surface area contributed by atoms with Gasteiger partial charge in [0.2, 0.25) is 0 Å². The van der Waals surface area contributed by atoms with Crippen molar-refractivity contribution in [3.63, 3.8) is 0 Å². The van der Waals surface area contributed by atoms with Gasteiger partial charge >= 0.3 is 6.61 Å². The number of ether oxygens (including phenoxy) is 2. The first-order chi connectivity index (χ1) is 10.1. The number of hydrogen-bond donors (Lipinski definition) is 1. The first-order valence-electron chi connectivity index (χ1n) is 6.89. The highest BCUT2D eigenvalue weighted by atomic mass is 19.3. The van der Waals surface area contributed by atoms with Crippen LogP contribution >= 0.6 is 0 Å². The number of hydrogen-bond acceptors (Lipinski definition) is 3. The van der Waals surface area contributed by atoms with Gasteiger partial charge in [-0.1, -0.05) is 12.0 Å². The zero-order valence-electron chi connectivity index (χ0n) is 11.8. The largest absolute Gasteiger partial charge is 0.489 e. The first kappa shape index (κ1) is 15.6. The molecule has 0 spiro atoms. The van der Waals surface area contributed by atoms with E-state index >= 15 is 0 Å². The molecule has 1 atom stereocenters. The molecule has 1 N–H and O–H groups in total. The van der Waals surface area contributed by atoms with E-state index in [1.807, 2.05) is 0 Å². The third kappa shape index (κ3) is 5.24. The molecule has 1 fully saturated rings. The maximum Gasteiger partial charge on any atom is 0.387 e. The topological polar surface area (TPSA) is 38.7 Å². The van der Waals surface area contributed by atoms with Crippen LogP contribution in [0.1, 0.15) is 25.3 Å². The zero-order chi connectivity index (χ0) is 15.2. The van der Waals surface area contributed by atoms with Gasteiger partial charge in [-0.2, -0.15) is 8.78 Å². The van der Waals surface area contributed by atoms with E-state index < -0.39 is 12.7 Å². The Balaban J connectivity index is 2.10. The maximum absolute atomic E-state index is 12.4. The Bertz CT molecular complexity index is 530. The van der Waals surface area contributed by atoms with E-state index in [0.29, 0.717) is 18.9 Å². The SMILES string of the molecule is CC#CC(O)Cc1ccc(OC(F)F)c(OCC2CC2)c1. The summed E-state index contributed by atoms with van der Waals surface area (Å²) in [7, 11) is 0. The summed E-state index contributed by atoms with van der Waals surface area (Å²) in [6.07, 6.45) is 1.74. The van der Waals surface area contributed by atoms with Gasteiger partial charge in [0, 0.05) is 6.42 Å². The predicted octanol–water partition coefficient (Wildman–Crippen LogP) is 3.00. The average molecular weight is 296 g/mol. The van der Waals surface area contributed by atoms with Crippen LogP contribution in [0.2, 0.25) is 0 Å². The van der Waals surface area contributed by atoms with Gasteiger partial charge in [0.1, 0.15) is 6.10 Å². The normalized spacial score (nSPS) is 15.3. The Labute approximate surface area is 122 Å². The van der Waals surface area contributed by atoms with E-state index in [2.05, 4.69) is 16.6 Å². The summed E-state index contributed by atoms with van der Waals surface area (Å²) < 4.78 is 34.8. The molecular weight excluding hydrogens is 278 g/mol. The smallest absolute Gasteiger partial charge is 0.387 e. The highest BCUT2D eigenvalue weighted by Crippen LogP contribution is 2.34. The molecule has 0 radical (unpaired) electrons. The Morgan fingerprint density at radius 2 is 2.10 bits per heavy atom. The van der Waals surface area contributed by atoms with Crippen molar-refractivity contribution in [1.82, 2.24) is 0 Å².